The summed E-state index contributed by atoms with van der Waals surface area (Å²) in [5.74, 6) is 0.0114. The first kappa shape index (κ1) is 12.0. The number of ether oxygens (including phenoxy) is 1. The summed E-state index contributed by atoms with van der Waals surface area (Å²) in [6, 6.07) is 1.95. The second kappa shape index (κ2) is 7.25. The summed E-state index contributed by atoms with van der Waals surface area (Å²) < 4.78 is 4.88. The van der Waals surface area contributed by atoms with Gasteiger partial charge in [0.1, 0.15) is 0 Å². The number of hydrogen-bond donors (Lipinski definition) is 2. The molecule has 0 atom stereocenters. The van der Waals surface area contributed by atoms with E-state index >= 15 is 0 Å². The van der Waals surface area contributed by atoms with Crippen molar-refractivity contribution in [1.29, 1.82) is 0 Å². The van der Waals surface area contributed by atoms with Crippen molar-refractivity contribution in [2.45, 2.75) is 6.42 Å². The van der Waals surface area contributed by atoms with Crippen molar-refractivity contribution in [3.63, 3.8) is 0 Å². The van der Waals surface area contributed by atoms with E-state index < -0.39 is 0 Å². The van der Waals surface area contributed by atoms with Gasteiger partial charge in [-0.25, -0.2) is 0 Å². The van der Waals surface area contributed by atoms with Crippen molar-refractivity contribution < 1.29 is 9.53 Å². The van der Waals surface area contributed by atoms with Crippen LogP contribution in [-0.2, 0) is 9.53 Å². The first-order chi connectivity index (χ1) is 7.33. The quantitative estimate of drug-likeness (QED) is 0.692. The summed E-state index contributed by atoms with van der Waals surface area (Å²) in [5.41, 5.74) is 0.993. The molecule has 1 rings (SSSR count). The lowest BCUT2D eigenvalue weighted by atomic mass is 10.4. The second-order valence-corrected chi connectivity index (χ2v) is 3.84. The SMILES string of the molecule is COCCCNC(=O)CNc1ccsc1. The molecule has 84 valence electrons. The highest BCUT2D eigenvalue weighted by Crippen LogP contribution is 2.10. The molecule has 0 radical (unpaired) electrons. The maximum atomic E-state index is 11.3. The largest absolute Gasteiger partial charge is 0.385 e. The van der Waals surface area contributed by atoms with Gasteiger partial charge in [-0.15, -0.1) is 0 Å². The molecule has 1 aromatic rings. The van der Waals surface area contributed by atoms with Crippen LogP contribution in [0.1, 0.15) is 6.42 Å². The maximum Gasteiger partial charge on any atom is 0.239 e. The third-order valence-electron chi connectivity index (χ3n) is 1.82. The van der Waals surface area contributed by atoms with Gasteiger partial charge < -0.3 is 15.4 Å². The Kier molecular flexibility index (Phi) is 5.80. The van der Waals surface area contributed by atoms with E-state index in [1.807, 2.05) is 16.8 Å². The third-order valence-corrected chi connectivity index (χ3v) is 2.50. The van der Waals surface area contributed by atoms with Gasteiger partial charge in [0, 0.05) is 31.3 Å². The van der Waals surface area contributed by atoms with Crippen molar-refractivity contribution in [3.8, 4) is 0 Å². The molecule has 2 N–H and O–H groups in total. The highest BCUT2D eigenvalue weighted by atomic mass is 32.1. The van der Waals surface area contributed by atoms with Gasteiger partial charge in [0.05, 0.1) is 6.54 Å². The lowest BCUT2D eigenvalue weighted by Gasteiger charge is -2.05. The summed E-state index contributed by atoms with van der Waals surface area (Å²) in [4.78, 5) is 11.3. The Morgan fingerprint density at radius 3 is 3.13 bits per heavy atom. The molecule has 1 heterocycles. The molecular weight excluding hydrogens is 212 g/mol. The number of nitrogens with one attached hydrogen (secondary N) is 2. The van der Waals surface area contributed by atoms with Crippen molar-refractivity contribution in [3.05, 3.63) is 16.8 Å². The summed E-state index contributed by atoms with van der Waals surface area (Å²) in [5, 5.41) is 9.78. The number of hydrogen-bond acceptors (Lipinski definition) is 4. The Morgan fingerprint density at radius 1 is 1.60 bits per heavy atom. The molecule has 0 saturated heterocycles. The van der Waals surface area contributed by atoms with Crippen molar-refractivity contribution in [1.82, 2.24) is 5.32 Å². The first-order valence-corrected chi connectivity index (χ1v) is 5.79. The first-order valence-electron chi connectivity index (χ1n) is 4.84. The van der Waals surface area contributed by atoms with Crippen molar-refractivity contribution in [2.75, 3.05) is 32.1 Å². The van der Waals surface area contributed by atoms with Crippen molar-refractivity contribution in [2.24, 2.45) is 0 Å². The van der Waals surface area contributed by atoms with Crippen LogP contribution in [0.3, 0.4) is 0 Å². The zero-order valence-electron chi connectivity index (χ0n) is 8.79. The average molecular weight is 228 g/mol. The van der Waals surface area contributed by atoms with E-state index in [2.05, 4.69) is 10.6 Å². The molecule has 0 unspecified atom stereocenters. The minimum absolute atomic E-state index is 0.0114. The Balaban J connectivity index is 2.04. The fourth-order valence-electron chi connectivity index (χ4n) is 1.05. The van der Waals surface area contributed by atoms with Gasteiger partial charge in [0.15, 0.2) is 0 Å². The molecule has 0 aliphatic carbocycles. The topological polar surface area (TPSA) is 50.4 Å². The highest BCUT2D eigenvalue weighted by molar-refractivity contribution is 7.08. The number of carbonyl (C=O) groups is 1. The summed E-state index contributed by atoms with van der Waals surface area (Å²) in [6.07, 6.45) is 0.848. The van der Waals surface area contributed by atoms with E-state index in [9.17, 15) is 4.79 Å². The lowest BCUT2D eigenvalue weighted by Crippen LogP contribution is -2.30. The maximum absolute atomic E-state index is 11.3. The van der Waals surface area contributed by atoms with Crippen LogP contribution in [0.4, 0.5) is 5.69 Å². The standard InChI is InChI=1S/C10H16N2O2S/c1-14-5-2-4-11-10(13)7-12-9-3-6-15-8-9/h3,6,8,12H,2,4-5,7H2,1H3,(H,11,13). The van der Waals surface area contributed by atoms with Gasteiger partial charge in [-0.3, -0.25) is 4.79 Å². The van der Waals surface area contributed by atoms with Gasteiger partial charge in [0.2, 0.25) is 5.91 Å². The smallest absolute Gasteiger partial charge is 0.239 e. The molecule has 0 aliphatic rings. The predicted molar refractivity (Wildman–Crippen MR) is 62.3 cm³/mol. The summed E-state index contributed by atoms with van der Waals surface area (Å²) in [6.45, 7) is 1.67. The molecule has 0 fully saturated rings. The number of anilines is 1. The molecular formula is C10H16N2O2S. The van der Waals surface area contributed by atoms with Gasteiger partial charge in [0.25, 0.3) is 0 Å². The Labute approximate surface area is 93.6 Å². The third kappa shape index (κ3) is 5.39. The van der Waals surface area contributed by atoms with E-state index in [1.54, 1.807) is 18.4 Å². The monoisotopic (exact) mass is 228 g/mol. The minimum atomic E-state index is 0.0114. The van der Waals surface area contributed by atoms with Gasteiger partial charge in [-0.05, 0) is 17.9 Å². The molecule has 15 heavy (non-hydrogen) atoms. The summed E-state index contributed by atoms with van der Waals surface area (Å²) in [7, 11) is 1.65. The van der Waals surface area contributed by atoms with E-state index in [1.165, 1.54) is 0 Å². The van der Waals surface area contributed by atoms with E-state index in [0.29, 0.717) is 19.7 Å². The van der Waals surface area contributed by atoms with Crippen LogP contribution in [0.15, 0.2) is 16.8 Å². The van der Waals surface area contributed by atoms with Crippen LogP contribution in [0.25, 0.3) is 0 Å². The van der Waals surface area contributed by atoms with Gasteiger partial charge in [-0.2, -0.15) is 11.3 Å². The number of carbonyl (C=O) groups excluding carboxylic acids is 1. The molecule has 0 aliphatic heterocycles. The van der Waals surface area contributed by atoms with Gasteiger partial charge in [-0.1, -0.05) is 0 Å². The number of thiophene rings is 1. The fraction of sp³-hybridized carbons (Fsp3) is 0.500. The van der Waals surface area contributed by atoms with E-state index in [-0.39, 0.29) is 5.91 Å². The second-order valence-electron chi connectivity index (χ2n) is 3.06. The van der Waals surface area contributed by atoms with E-state index in [4.69, 9.17) is 4.74 Å². The highest BCUT2D eigenvalue weighted by Gasteiger charge is 1.99. The van der Waals surface area contributed by atoms with Crippen molar-refractivity contribution >= 4 is 22.9 Å². The minimum Gasteiger partial charge on any atom is -0.385 e. The molecule has 5 heteroatoms. The van der Waals surface area contributed by atoms with Crippen LogP contribution in [-0.4, -0.2) is 32.7 Å². The molecule has 0 spiro atoms. The molecule has 1 amide bonds. The average Bonchev–Trinajstić information content (AvgIpc) is 2.74. The zero-order valence-corrected chi connectivity index (χ0v) is 9.60. The van der Waals surface area contributed by atoms with Crippen LogP contribution in [0.2, 0.25) is 0 Å². The lowest BCUT2D eigenvalue weighted by molar-refractivity contribution is -0.119. The number of amides is 1. The summed E-state index contributed by atoms with van der Waals surface area (Å²) >= 11 is 1.60. The zero-order chi connectivity index (χ0) is 10.9. The molecule has 0 bridgehead atoms. The number of methoxy groups -OCH3 is 1. The Hall–Kier alpha value is -1.07. The molecule has 0 saturated carbocycles. The number of rotatable bonds is 7. The van der Waals surface area contributed by atoms with Crippen LogP contribution < -0.4 is 10.6 Å². The predicted octanol–water partition coefficient (Wildman–Crippen LogP) is 1.31. The normalized spacial score (nSPS) is 9.93. The van der Waals surface area contributed by atoms with Crippen LogP contribution >= 0.6 is 11.3 Å². The Bertz CT molecular complexity index is 275. The Morgan fingerprint density at radius 2 is 2.47 bits per heavy atom. The molecule has 0 aromatic carbocycles. The molecule has 4 nitrogen and oxygen atoms in total. The van der Waals surface area contributed by atoms with Gasteiger partial charge >= 0.3 is 0 Å². The van der Waals surface area contributed by atoms with E-state index in [0.717, 1.165) is 12.1 Å². The van der Waals surface area contributed by atoms with Crippen LogP contribution in [0.5, 0.6) is 0 Å². The molecule has 1 aromatic heterocycles. The fourth-order valence-corrected chi connectivity index (χ4v) is 1.67. The van der Waals surface area contributed by atoms with Crippen LogP contribution in [0, 0.1) is 0 Å².